The number of carbonyl (C=O) groups excluding carboxylic acids is 1. The van der Waals surface area contributed by atoms with Crippen LogP contribution in [0, 0.1) is 11.7 Å². The van der Waals surface area contributed by atoms with Gasteiger partial charge in [-0.3, -0.25) is 4.79 Å². The zero-order valence-electron chi connectivity index (χ0n) is 15.6. The van der Waals surface area contributed by atoms with Crippen LogP contribution in [0.1, 0.15) is 67.5 Å². The van der Waals surface area contributed by atoms with Crippen molar-refractivity contribution < 1.29 is 28.2 Å². The lowest BCUT2D eigenvalue weighted by Crippen LogP contribution is -2.28. The van der Waals surface area contributed by atoms with Gasteiger partial charge in [0.1, 0.15) is 5.82 Å². The van der Waals surface area contributed by atoms with Gasteiger partial charge in [0, 0.05) is 38.4 Å². The van der Waals surface area contributed by atoms with E-state index in [2.05, 4.69) is 0 Å². The molecule has 0 saturated heterocycles. The highest BCUT2D eigenvalue weighted by Crippen LogP contribution is 2.46. The second-order valence-electron chi connectivity index (χ2n) is 7.63. The first-order valence-corrected chi connectivity index (χ1v) is 9.16. The molecule has 3 rings (SSSR count). The number of hydrogen-bond acceptors (Lipinski definition) is 1. The van der Waals surface area contributed by atoms with E-state index in [9.17, 15) is 26.7 Å². The van der Waals surface area contributed by atoms with E-state index < -0.39 is 29.0 Å². The largest absolute Gasteiger partial charge is 0.294 e. The average Bonchev–Trinajstić information content (AvgIpc) is 2.58. The Balaban J connectivity index is 0.00000300. The zero-order valence-corrected chi connectivity index (χ0v) is 15.6. The fourth-order valence-corrected chi connectivity index (χ4v) is 3.78. The summed E-state index contributed by atoms with van der Waals surface area (Å²) in [4.78, 5) is 12.6. The molecule has 0 N–H and O–H groups in total. The smallest absolute Gasteiger partial charge is 0.271 e. The third kappa shape index (κ3) is 4.10. The van der Waals surface area contributed by atoms with Gasteiger partial charge in [-0.15, -0.1) is 0 Å². The Morgan fingerprint density at radius 2 is 1.71 bits per heavy atom. The first-order chi connectivity index (χ1) is 13.0. The van der Waals surface area contributed by atoms with Gasteiger partial charge in [0.05, 0.1) is 0 Å². The van der Waals surface area contributed by atoms with Crippen molar-refractivity contribution in [2.75, 3.05) is 0 Å². The first-order valence-electron chi connectivity index (χ1n) is 9.16. The summed E-state index contributed by atoms with van der Waals surface area (Å²) in [5, 5.41) is 0. The van der Waals surface area contributed by atoms with Gasteiger partial charge in [0.25, 0.3) is 11.8 Å². The molecule has 1 saturated carbocycles. The molecule has 0 bridgehead atoms. The molecule has 0 heterocycles. The second kappa shape index (κ2) is 7.30. The lowest BCUT2D eigenvalue weighted by molar-refractivity contribution is 0.0159. The second-order valence-corrected chi connectivity index (χ2v) is 7.63. The van der Waals surface area contributed by atoms with E-state index in [0.29, 0.717) is 25.3 Å². The van der Waals surface area contributed by atoms with Crippen molar-refractivity contribution in [2.45, 2.75) is 50.9 Å². The minimum Gasteiger partial charge on any atom is -0.294 e. The molecule has 0 spiro atoms. The summed E-state index contributed by atoms with van der Waals surface area (Å²) in [5.41, 5.74) is -0.454. The number of carbonyl (C=O) groups is 1. The number of hydrogen-bond donors (Lipinski definition) is 0. The molecular formula is C22H23F5O. The van der Waals surface area contributed by atoms with Gasteiger partial charge < -0.3 is 0 Å². The summed E-state index contributed by atoms with van der Waals surface area (Å²) >= 11 is 0. The van der Waals surface area contributed by atoms with Crippen LogP contribution in [0.3, 0.4) is 0 Å². The van der Waals surface area contributed by atoms with Crippen LogP contribution in [-0.2, 0) is 11.8 Å². The van der Waals surface area contributed by atoms with Gasteiger partial charge >= 0.3 is 0 Å². The van der Waals surface area contributed by atoms with E-state index >= 15 is 0 Å². The molecule has 1 aliphatic rings. The maximum atomic E-state index is 14.4. The van der Waals surface area contributed by atoms with Crippen molar-refractivity contribution in [3.8, 4) is 0 Å². The van der Waals surface area contributed by atoms with Crippen molar-refractivity contribution in [1.82, 2.24) is 0 Å². The van der Waals surface area contributed by atoms with Crippen molar-refractivity contribution >= 4 is 5.78 Å². The predicted octanol–water partition coefficient (Wildman–Crippen LogP) is 7.06. The fraction of sp³-hybridized carbons (Fsp3) is 0.409. The maximum Gasteiger partial charge on any atom is 0.271 e. The highest BCUT2D eigenvalue weighted by atomic mass is 19.3. The number of alkyl halides is 4. The number of Topliss-reactive ketones (excluding diaryl/α,β-unsaturated/α-hetero) is 1. The number of rotatable bonds is 6. The van der Waals surface area contributed by atoms with E-state index in [1.165, 1.54) is 36.4 Å². The summed E-state index contributed by atoms with van der Waals surface area (Å²) < 4.78 is 68.7. The van der Waals surface area contributed by atoms with Crippen molar-refractivity contribution in [1.29, 1.82) is 0 Å². The van der Waals surface area contributed by atoms with Gasteiger partial charge in [0.2, 0.25) is 0 Å². The first kappa shape index (κ1) is 20.5. The SMILES string of the molecule is CC(F)(F)c1ccc([C@H]2CC[C@H]2CC(=O)c2ccccc2C(C)(F)F)c(F)c1.[HH]. The summed E-state index contributed by atoms with van der Waals surface area (Å²) in [6, 6.07) is 8.97. The van der Waals surface area contributed by atoms with E-state index in [-0.39, 0.29) is 30.8 Å². The Morgan fingerprint density at radius 3 is 2.25 bits per heavy atom. The number of benzene rings is 2. The van der Waals surface area contributed by atoms with Crippen molar-refractivity contribution in [2.24, 2.45) is 5.92 Å². The van der Waals surface area contributed by atoms with Crippen LogP contribution < -0.4 is 0 Å². The molecule has 1 aliphatic carbocycles. The molecule has 2 aromatic rings. The monoisotopic (exact) mass is 398 g/mol. The minimum absolute atomic E-state index is 0. The average molecular weight is 398 g/mol. The van der Waals surface area contributed by atoms with Gasteiger partial charge in [-0.2, -0.15) is 0 Å². The normalized spacial score (nSPS) is 20.0. The van der Waals surface area contributed by atoms with Crippen LogP contribution in [0.25, 0.3) is 0 Å². The Morgan fingerprint density at radius 1 is 1.04 bits per heavy atom. The number of halogens is 5. The molecule has 0 aromatic heterocycles. The highest BCUT2D eigenvalue weighted by Gasteiger charge is 2.37. The lowest BCUT2D eigenvalue weighted by atomic mass is 9.67. The molecule has 0 amide bonds. The van der Waals surface area contributed by atoms with Crippen LogP contribution in [0.4, 0.5) is 22.0 Å². The van der Waals surface area contributed by atoms with Gasteiger partial charge in [-0.25, -0.2) is 22.0 Å². The third-order valence-corrected chi connectivity index (χ3v) is 5.47. The summed E-state index contributed by atoms with van der Waals surface area (Å²) in [7, 11) is 0. The molecule has 0 radical (unpaired) electrons. The molecular weight excluding hydrogens is 375 g/mol. The topological polar surface area (TPSA) is 17.1 Å². The van der Waals surface area contributed by atoms with E-state index in [1.54, 1.807) is 0 Å². The Bertz CT molecular complexity index is 886. The Hall–Kier alpha value is -2.24. The summed E-state index contributed by atoms with van der Waals surface area (Å²) in [6.07, 6.45) is 1.30. The van der Waals surface area contributed by atoms with Crippen molar-refractivity contribution in [3.63, 3.8) is 0 Å². The van der Waals surface area contributed by atoms with Crippen LogP contribution in [-0.4, -0.2) is 5.78 Å². The Labute approximate surface area is 162 Å². The van der Waals surface area contributed by atoms with Crippen LogP contribution in [0.15, 0.2) is 42.5 Å². The zero-order chi connectivity index (χ0) is 20.7. The summed E-state index contributed by atoms with van der Waals surface area (Å²) in [6.45, 7) is 1.44. The molecule has 28 heavy (non-hydrogen) atoms. The molecule has 2 atom stereocenters. The van der Waals surface area contributed by atoms with Crippen LogP contribution in [0.2, 0.25) is 0 Å². The molecule has 2 aromatic carbocycles. The standard InChI is InChI=1S/C22H21F5O.H2/c1-21(24,25)14-8-10-16(19(23)12-14)15-9-7-13(15)11-20(28)17-5-3-4-6-18(17)22(2,26)27;/h3-6,8,10,12-13,15H,7,9,11H2,1-2H3;1H/t13-,15-;/m0./s1. The van der Waals surface area contributed by atoms with Crippen LogP contribution >= 0.6 is 0 Å². The van der Waals surface area contributed by atoms with Crippen molar-refractivity contribution in [3.05, 3.63) is 70.5 Å². The summed E-state index contributed by atoms with van der Waals surface area (Å²) in [5.74, 6) is -7.89. The highest BCUT2D eigenvalue weighted by molar-refractivity contribution is 5.98. The molecule has 6 heteroatoms. The van der Waals surface area contributed by atoms with E-state index in [1.807, 2.05) is 0 Å². The molecule has 1 fully saturated rings. The quantitative estimate of drug-likeness (QED) is 0.376. The van der Waals surface area contributed by atoms with Gasteiger partial charge in [0.15, 0.2) is 5.78 Å². The predicted molar refractivity (Wildman–Crippen MR) is 98.5 cm³/mol. The Kier molecular flexibility index (Phi) is 5.34. The number of ketones is 1. The lowest BCUT2D eigenvalue weighted by Gasteiger charge is -2.37. The van der Waals surface area contributed by atoms with Crippen LogP contribution in [0.5, 0.6) is 0 Å². The third-order valence-electron chi connectivity index (χ3n) is 5.47. The molecule has 0 aliphatic heterocycles. The van der Waals surface area contributed by atoms with Gasteiger partial charge in [-0.1, -0.05) is 36.4 Å². The minimum atomic E-state index is -3.14. The molecule has 1 nitrogen and oxygen atoms in total. The molecule has 0 unspecified atom stereocenters. The van der Waals surface area contributed by atoms with E-state index in [4.69, 9.17) is 0 Å². The van der Waals surface area contributed by atoms with Gasteiger partial charge in [-0.05, 0) is 36.3 Å². The maximum absolute atomic E-state index is 14.4. The fourth-order valence-electron chi connectivity index (χ4n) is 3.78. The molecule has 152 valence electrons. The van der Waals surface area contributed by atoms with E-state index in [0.717, 1.165) is 13.0 Å².